The predicted octanol–water partition coefficient (Wildman–Crippen LogP) is 4.01. The molecule has 0 amide bonds. The lowest BCUT2D eigenvalue weighted by Crippen LogP contribution is -2.14. The van der Waals surface area contributed by atoms with Gasteiger partial charge in [-0.2, -0.15) is 0 Å². The van der Waals surface area contributed by atoms with E-state index in [1.165, 1.54) is 18.4 Å². The van der Waals surface area contributed by atoms with E-state index in [1.54, 1.807) is 5.56 Å². The Labute approximate surface area is 96.7 Å². The van der Waals surface area contributed by atoms with Gasteiger partial charge in [0.1, 0.15) is 0 Å². The molecule has 4 atom stereocenters. The Hall–Kier alpha value is -1.30. The van der Waals surface area contributed by atoms with Gasteiger partial charge >= 0.3 is 0 Å². The first-order chi connectivity index (χ1) is 7.92. The highest BCUT2D eigenvalue weighted by molar-refractivity contribution is 5.62. The van der Waals surface area contributed by atoms with Crippen LogP contribution in [0.3, 0.4) is 0 Å². The Morgan fingerprint density at radius 2 is 1.88 bits per heavy atom. The summed E-state index contributed by atoms with van der Waals surface area (Å²) in [5.41, 5.74) is 3.01. The lowest BCUT2D eigenvalue weighted by molar-refractivity contribution is 0.410. The number of benzene rings is 1. The van der Waals surface area contributed by atoms with E-state index in [4.69, 9.17) is 0 Å². The SMILES string of the molecule is C1=CC(C2CC3C=CC2C3)c2ccccc21. The predicted molar refractivity (Wildman–Crippen MR) is 67.1 cm³/mol. The largest absolute Gasteiger partial charge is 0.0851 e. The van der Waals surface area contributed by atoms with E-state index in [1.807, 2.05) is 0 Å². The highest BCUT2D eigenvalue weighted by Crippen LogP contribution is 2.51. The van der Waals surface area contributed by atoms with Gasteiger partial charge in [-0.25, -0.2) is 0 Å². The summed E-state index contributed by atoms with van der Waals surface area (Å²) in [6.45, 7) is 0. The van der Waals surface area contributed by atoms with Crippen LogP contribution in [0.15, 0.2) is 42.5 Å². The third-order valence-corrected chi connectivity index (χ3v) is 4.63. The van der Waals surface area contributed by atoms with Gasteiger partial charge in [-0.3, -0.25) is 0 Å². The maximum Gasteiger partial charge on any atom is 0.00613 e. The molecule has 16 heavy (non-hydrogen) atoms. The molecule has 4 unspecified atom stereocenters. The molecule has 1 fully saturated rings. The maximum absolute atomic E-state index is 2.47. The first-order valence-electron chi connectivity index (χ1n) is 6.37. The van der Waals surface area contributed by atoms with Crippen molar-refractivity contribution in [2.45, 2.75) is 18.8 Å². The summed E-state index contributed by atoms with van der Waals surface area (Å²) in [5, 5.41) is 0. The molecule has 4 rings (SSSR count). The fourth-order valence-electron chi connectivity index (χ4n) is 3.89. The molecule has 80 valence electrons. The molecule has 0 heteroatoms. The lowest BCUT2D eigenvalue weighted by Gasteiger charge is -2.25. The van der Waals surface area contributed by atoms with Crippen LogP contribution in [-0.2, 0) is 0 Å². The van der Waals surface area contributed by atoms with Gasteiger partial charge in [0.25, 0.3) is 0 Å². The van der Waals surface area contributed by atoms with Crippen LogP contribution in [0.5, 0.6) is 0 Å². The zero-order valence-corrected chi connectivity index (χ0v) is 9.34. The Morgan fingerprint density at radius 3 is 2.69 bits per heavy atom. The molecule has 0 aromatic heterocycles. The van der Waals surface area contributed by atoms with E-state index in [0.29, 0.717) is 5.92 Å². The van der Waals surface area contributed by atoms with Crippen molar-refractivity contribution >= 4 is 6.08 Å². The second-order valence-corrected chi connectivity index (χ2v) is 5.46. The quantitative estimate of drug-likeness (QED) is 0.612. The van der Waals surface area contributed by atoms with Crippen LogP contribution < -0.4 is 0 Å². The highest BCUT2D eigenvalue weighted by Gasteiger charge is 2.40. The molecule has 0 N–H and O–H groups in total. The van der Waals surface area contributed by atoms with Crippen molar-refractivity contribution in [2.75, 3.05) is 0 Å². The van der Waals surface area contributed by atoms with E-state index < -0.39 is 0 Å². The van der Waals surface area contributed by atoms with Crippen molar-refractivity contribution < 1.29 is 0 Å². The van der Waals surface area contributed by atoms with Crippen molar-refractivity contribution in [1.82, 2.24) is 0 Å². The average Bonchev–Trinajstić information content (AvgIpc) is 3.03. The van der Waals surface area contributed by atoms with Crippen LogP contribution in [0.2, 0.25) is 0 Å². The van der Waals surface area contributed by atoms with Gasteiger partial charge in [-0.15, -0.1) is 0 Å². The number of fused-ring (bicyclic) bond motifs is 3. The normalized spacial score (nSPS) is 38.2. The van der Waals surface area contributed by atoms with Gasteiger partial charge < -0.3 is 0 Å². The Bertz CT molecular complexity index is 481. The van der Waals surface area contributed by atoms with Gasteiger partial charge in [0.2, 0.25) is 0 Å². The highest BCUT2D eigenvalue weighted by atomic mass is 14.4. The summed E-state index contributed by atoms with van der Waals surface area (Å²) in [5.74, 6) is 3.30. The van der Waals surface area contributed by atoms with Gasteiger partial charge in [0.15, 0.2) is 0 Å². The minimum atomic E-state index is 0.691. The zero-order chi connectivity index (χ0) is 10.5. The van der Waals surface area contributed by atoms with Gasteiger partial charge in [0, 0.05) is 5.92 Å². The summed E-state index contributed by atoms with van der Waals surface area (Å²) in [6, 6.07) is 8.89. The number of rotatable bonds is 1. The van der Waals surface area contributed by atoms with E-state index in [0.717, 1.165) is 17.8 Å². The molecule has 1 aromatic carbocycles. The van der Waals surface area contributed by atoms with E-state index >= 15 is 0 Å². The molecule has 0 saturated heterocycles. The molecular weight excluding hydrogens is 192 g/mol. The molecule has 0 aliphatic heterocycles. The smallest absolute Gasteiger partial charge is 0.00613 e. The molecule has 2 bridgehead atoms. The molecule has 3 aliphatic rings. The van der Waals surface area contributed by atoms with Crippen molar-refractivity contribution in [3.8, 4) is 0 Å². The maximum atomic E-state index is 2.47. The minimum absolute atomic E-state index is 0.691. The van der Waals surface area contributed by atoms with Crippen LogP contribution in [0.1, 0.15) is 29.9 Å². The van der Waals surface area contributed by atoms with E-state index in [2.05, 4.69) is 48.6 Å². The molecule has 3 aliphatic carbocycles. The van der Waals surface area contributed by atoms with Gasteiger partial charge in [-0.1, -0.05) is 48.6 Å². The van der Waals surface area contributed by atoms with E-state index in [-0.39, 0.29) is 0 Å². The van der Waals surface area contributed by atoms with Crippen molar-refractivity contribution in [1.29, 1.82) is 0 Å². The zero-order valence-electron chi connectivity index (χ0n) is 9.34. The van der Waals surface area contributed by atoms with Crippen LogP contribution >= 0.6 is 0 Å². The Kier molecular flexibility index (Phi) is 1.71. The van der Waals surface area contributed by atoms with Gasteiger partial charge in [0.05, 0.1) is 0 Å². The molecule has 0 heterocycles. The third-order valence-electron chi connectivity index (χ3n) is 4.63. The van der Waals surface area contributed by atoms with Gasteiger partial charge in [-0.05, 0) is 41.7 Å². The summed E-state index contributed by atoms with van der Waals surface area (Å²) >= 11 is 0. The Balaban J connectivity index is 1.71. The third kappa shape index (κ3) is 1.10. The van der Waals surface area contributed by atoms with Crippen LogP contribution in [-0.4, -0.2) is 0 Å². The lowest BCUT2D eigenvalue weighted by atomic mass is 9.79. The number of hydrogen-bond donors (Lipinski definition) is 0. The Morgan fingerprint density at radius 1 is 0.938 bits per heavy atom. The summed E-state index contributed by atoms with van der Waals surface area (Å²) in [4.78, 5) is 0. The molecule has 0 nitrogen and oxygen atoms in total. The minimum Gasteiger partial charge on any atom is -0.0851 e. The van der Waals surface area contributed by atoms with Crippen LogP contribution in [0, 0.1) is 17.8 Å². The van der Waals surface area contributed by atoms with Crippen LogP contribution in [0.4, 0.5) is 0 Å². The molecule has 1 saturated carbocycles. The number of hydrogen-bond acceptors (Lipinski definition) is 0. The van der Waals surface area contributed by atoms with Crippen molar-refractivity contribution in [3.05, 3.63) is 53.6 Å². The average molecular weight is 208 g/mol. The molecule has 1 aromatic rings. The first-order valence-corrected chi connectivity index (χ1v) is 6.37. The first kappa shape index (κ1) is 8.81. The summed E-state index contributed by atoms with van der Waals surface area (Å²) < 4.78 is 0. The molecule has 0 radical (unpaired) electrons. The van der Waals surface area contributed by atoms with Crippen LogP contribution in [0.25, 0.3) is 6.08 Å². The van der Waals surface area contributed by atoms with Crippen molar-refractivity contribution in [3.63, 3.8) is 0 Å². The topological polar surface area (TPSA) is 0 Å². The number of allylic oxidation sites excluding steroid dienone is 3. The summed E-state index contributed by atoms with van der Waals surface area (Å²) in [6.07, 6.45) is 12.5. The summed E-state index contributed by atoms with van der Waals surface area (Å²) in [7, 11) is 0. The second kappa shape index (κ2) is 3.10. The second-order valence-electron chi connectivity index (χ2n) is 5.46. The van der Waals surface area contributed by atoms with E-state index in [9.17, 15) is 0 Å². The monoisotopic (exact) mass is 208 g/mol. The standard InChI is InChI=1S/C16H16/c1-2-4-14-12(3-1)7-8-15(14)16-10-11-5-6-13(16)9-11/h1-8,11,13,15-16H,9-10H2. The molecule has 0 spiro atoms. The fourth-order valence-corrected chi connectivity index (χ4v) is 3.89. The molecular formula is C16H16. The van der Waals surface area contributed by atoms with Crippen molar-refractivity contribution in [2.24, 2.45) is 17.8 Å². The fraction of sp³-hybridized carbons (Fsp3) is 0.375.